The lowest BCUT2D eigenvalue weighted by Crippen LogP contribution is -2.16. The summed E-state index contributed by atoms with van der Waals surface area (Å²) in [6.45, 7) is 0. The molecule has 0 spiro atoms. The Hall–Kier alpha value is -2.69. The summed E-state index contributed by atoms with van der Waals surface area (Å²) in [5, 5.41) is 11.5. The van der Waals surface area contributed by atoms with Crippen LogP contribution in [-0.2, 0) is 11.2 Å². The lowest BCUT2D eigenvalue weighted by molar-refractivity contribution is -0.115. The highest BCUT2D eigenvalue weighted by molar-refractivity contribution is 6.00. The molecule has 0 aliphatic carbocycles. The normalized spacial score (nSPS) is 10.1. The van der Waals surface area contributed by atoms with E-state index < -0.39 is 17.7 Å². The van der Waals surface area contributed by atoms with Gasteiger partial charge in [-0.3, -0.25) is 4.79 Å². The molecule has 2 rings (SSSR count). The number of nitrogens with one attached hydrogen (secondary N) is 1. The number of carbonyl (C=O) groups is 2. The quantitative estimate of drug-likeness (QED) is 0.900. The van der Waals surface area contributed by atoms with E-state index in [-0.39, 0.29) is 17.7 Å². The summed E-state index contributed by atoms with van der Waals surface area (Å²) in [7, 11) is 0. The molecule has 2 aromatic carbocycles. The van der Waals surface area contributed by atoms with E-state index in [1.807, 2.05) is 0 Å². The second-order valence-electron chi connectivity index (χ2n) is 4.21. The Kier molecular flexibility index (Phi) is 4.10. The number of aromatic carboxylic acids is 1. The number of benzene rings is 2. The van der Waals surface area contributed by atoms with E-state index in [1.165, 1.54) is 30.3 Å². The zero-order valence-corrected chi connectivity index (χ0v) is 10.5. The maximum Gasteiger partial charge on any atom is 0.337 e. The van der Waals surface area contributed by atoms with Gasteiger partial charge in [0, 0.05) is 0 Å². The summed E-state index contributed by atoms with van der Waals surface area (Å²) >= 11 is 0. The Balaban J connectivity index is 2.11. The van der Waals surface area contributed by atoms with Crippen molar-refractivity contribution in [2.75, 3.05) is 5.32 Å². The zero-order valence-electron chi connectivity index (χ0n) is 10.5. The maximum atomic E-state index is 13.0. The molecule has 20 heavy (non-hydrogen) atoms. The molecule has 0 bridgehead atoms. The van der Waals surface area contributed by atoms with Crippen LogP contribution in [0.4, 0.5) is 10.1 Å². The van der Waals surface area contributed by atoms with Crippen molar-refractivity contribution < 1.29 is 19.1 Å². The lowest BCUT2D eigenvalue weighted by Gasteiger charge is -2.08. The van der Waals surface area contributed by atoms with Gasteiger partial charge in [0.25, 0.3) is 0 Å². The monoisotopic (exact) mass is 273 g/mol. The molecule has 2 N–H and O–H groups in total. The highest BCUT2D eigenvalue weighted by atomic mass is 19.1. The Morgan fingerprint density at radius 1 is 1.10 bits per heavy atom. The molecule has 0 saturated heterocycles. The highest BCUT2D eigenvalue weighted by Crippen LogP contribution is 2.15. The van der Waals surface area contributed by atoms with Crippen LogP contribution >= 0.6 is 0 Å². The topological polar surface area (TPSA) is 66.4 Å². The van der Waals surface area contributed by atoms with E-state index >= 15 is 0 Å². The predicted molar refractivity (Wildman–Crippen MR) is 72.1 cm³/mol. The maximum absolute atomic E-state index is 13.0. The average Bonchev–Trinajstić information content (AvgIpc) is 2.38. The predicted octanol–water partition coefficient (Wildman–Crippen LogP) is 2.71. The molecule has 5 heteroatoms. The van der Waals surface area contributed by atoms with Crippen LogP contribution in [-0.4, -0.2) is 17.0 Å². The van der Waals surface area contributed by atoms with Gasteiger partial charge in [-0.05, 0) is 29.8 Å². The summed E-state index contributed by atoms with van der Waals surface area (Å²) in [5.74, 6) is -1.93. The number of carbonyl (C=O) groups excluding carboxylic acids is 1. The van der Waals surface area contributed by atoms with Gasteiger partial charge in [-0.1, -0.05) is 24.3 Å². The zero-order chi connectivity index (χ0) is 14.5. The van der Waals surface area contributed by atoms with Crippen LogP contribution in [0.3, 0.4) is 0 Å². The minimum absolute atomic E-state index is 0.0140. The SMILES string of the molecule is O=C(Cc1cccc(F)c1)Nc1ccccc1C(=O)O. The third kappa shape index (κ3) is 3.41. The van der Waals surface area contributed by atoms with Gasteiger partial charge in [0.1, 0.15) is 5.82 Å². The van der Waals surface area contributed by atoms with Crippen molar-refractivity contribution in [3.8, 4) is 0 Å². The van der Waals surface area contributed by atoms with E-state index in [2.05, 4.69) is 5.32 Å². The van der Waals surface area contributed by atoms with Gasteiger partial charge >= 0.3 is 5.97 Å². The van der Waals surface area contributed by atoms with E-state index in [4.69, 9.17) is 5.11 Å². The van der Waals surface area contributed by atoms with Crippen molar-refractivity contribution >= 4 is 17.6 Å². The van der Waals surface area contributed by atoms with E-state index in [9.17, 15) is 14.0 Å². The highest BCUT2D eigenvalue weighted by Gasteiger charge is 2.12. The molecule has 0 aromatic heterocycles. The summed E-state index contributed by atoms with van der Waals surface area (Å²) in [6, 6.07) is 11.8. The molecule has 0 unspecified atom stereocenters. The molecule has 0 aliphatic rings. The second-order valence-corrected chi connectivity index (χ2v) is 4.21. The minimum Gasteiger partial charge on any atom is -0.478 e. The number of halogens is 1. The first-order valence-corrected chi connectivity index (χ1v) is 5.93. The fourth-order valence-corrected chi connectivity index (χ4v) is 1.81. The van der Waals surface area contributed by atoms with Crippen LogP contribution < -0.4 is 5.32 Å². The van der Waals surface area contributed by atoms with Gasteiger partial charge in [-0.25, -0.2) is 9.18 Å². The number of hydrogen-bond acceptors (Lipinski definition) is 2. The smallest absolute Gasteiger partial charge is 0.337 e. The van der Waals surface area contributed by atoms with Crippen LogP contribution in [0.15, 0.2) is 48.5 Å². The average molecular weight is 273 g/mol. The first kappa shape index (κ1) is 13.7. The van der Waals surface area contributed by atoms with Crippen LogP contribution in [0.25, 0.3) is 0 Å². The lowest BCUT2D eigenvalue weighted by atomic mass is 10.1. The Morgan fingerprint density at radius 3 is 2.55 bits per heavy atom. The van der Waals surface area contributed by atoms with Gasteiger partial charge in [0.2, 0.25) is 5.91 Å². The number of carboxylic acid groups (broad SMARTS) is 1. The number of anilines is 1. The number of para-hydroxylation sites is 1. The van der Waals surface area contributed by atoms with Crippen molar-refractivity contribution in [1.29, 1.82) is 0 Å². The Bertz CT molecular complexity index is 655. The molecule has 0 radical (unpaired) electrons. The molecule has 0 heterocycles. The number of amides is 1. The van der Waals surface area contributed by atoms with Gasteiger partial charge in [-0.2, -0.15) is 0 Å². The third-order valence-electron chi connectivity index (χ3n) is 2.69. The molecule has 4 nitrogen and oxygen atoms in total. The molecule has 0 aliphatic heterocycles. The molecule has 2 aromatic rings. The Morgan fingerprint density at radius 2 is 1.85 bits per heavy atom. The van der Waals surface area contributed by atoms with Gasteiger partial charge < -0.3 is 10.4 Å². The van der Waals surface area contributed by atoms with Gasteiger partial charge in [0.05, 0.1) is 17.7 Å². The standard InChI is InChI=1S/C15H12FNO3/c16-11-5-3-4-10(8-11)9-14(18)17-13-7-2-1-6-12(13)15(19)20/h1-8H,9H2,(H,17,18)(H,19,20). The molecule has 0 atom stereocenters. The molecule has 102 valence electrons. The summed E-state index contributed by atoms with van der Waals surface area (Å²) in [6.07, 6.45) is -0.0221. The first-order chi connectivity index (χ1) is 9.56. The molecule has 0 fully saturated rings. The summed E-state index contributed by atoms with van der Waals surface area (Å²) < 4.78 is 13.0. The van der Waals surface area contributed by atoms with Crippen molar-refractivity contribution in [1.82, 2.24) is 0 Å². The second kappa shape index (κ2) is 5.97. The largest absolute Gasteiger partial charge is 0.478 e. The summed E-state index contributed by atoms with van der Waals surface area (Å²) in [4.78, 5) is 22.8. The molecular formula is C15H12FNO3. The summed E-state index contributed by atoms with van der Waals surface area (Å²) in [5.41, 5.74) is 0.761. The van der Waals surface area contributed by atoms with E-state index in [0.29, 0.717) is 5.56 Å². The van der Waals surface area contributed by atoms with Crippen LogP contribution in [0.5, 0.6) is 0 Å². The molecule has 1 amide bonds. The van der Waals surface area contributed by atoms with Crippen LogP contribution in [0.1, 0.15) is 15.9 Å². The Labute approximate surface area is 114 Å². The van der Waals surface area contributed by atoms with Crippen molar-refractivity contribution in [2.24, 2.45) is 0 Å². The van der Waals surface area contributed by atoms with Crippen LogP contribution in [0.2, 0.25) is 0 Å². The van der Waals surface area contributed by atoms with E-state index in [0.717, 1.165) is 0 Å². The first-order valence-electron chi connectivity index (χ1n) is 5.93. The minimum atomic E-state index is -1.12. The number of hydrogen-bond donors (Lipinski definition) is 2. The van der Waals surface area contributed by atoms with Gasteiger partial charge in [-0.15, -0.1) is 0 Å². The fourth-order valence-electron chi connectivity index (χ4n) is 1.81. The van der Waals surface area contributed by atoms with Crippen LogP contribution in [0, 0.1) is 5.82 Å². The fraction of sp³-hybridized carbons (Fsp3) is 0.0667. The van der Waals surface area contributed by atoms with E-state index in [1.54, 1.807) is 18.2 Å². The number of carboxylic acids is 1. The van der Waals surface area contributed by atoms with Crippen molar-refractivity contribution in [2.45, 2.75) is 6.42 Å². The third-order valence-corrected chi connectivity index (χ3v) is 2.69. The molecule has 0 saturated carbocycles. The molecular weight excluding hydrogens is 261 g/mol. The van der Waals surface area contributed by atoms with Crippen molar-refractivity contribution in [3.63, 3.8) is 0 Å². The number of rotatable bonds is 4. The van der Waals surface area contributed by atoms with Crippen molar-refractivity contribution in [3.05, 3.63) is 65.5 Å². The van der Waals surface area contributed by atoms with Gasteiger partial charge in [0.15, 0.2) is 0 Å².